The number of rotatable bonds is 8. The molecule has 5 rings (SSSR count). The number of hydrogen-bond acceptors (Lipinski definition) is 6. The molecular formula is C30H30Cl3N5O3. The van der Waals surface area contributed by atoms with Crippen LogP contribution in [0.3, 0.4) is 0 Å². The largest absolute Gasteiger partial charge is 0.387 e. The van der Waals surface area contributed by atoms with E-state index in [9.17, 15) is 9.59 Å². The van der Waals surface area contributed by atoms with E-state index in [1.807, 2.05) is 71.6 Å². The number of anilines is 2. The van der Waals surface area contributed by atoms with Crippen molar-refractivity contribution in [3.05, 3.63) is 94.5 Å². The van der Waals surface area contributed by atoms with Crippen molar-refractivity contribution >= 4 is 63.7 Å². The summed E-state index contributed by atoms with van der Waals surface area (Å²) in [6.45, 7) is 2.39. The molecule has 0 saturated carbocycles. The quantitative estimate of drug-likeness (QED) is 0.341. The third-order valence-electron chi connectivity index (χ3n) is 7.22. The van der Waals surface area contributed by atoms with Gasteiger partial charge in [0.25, 0.3) is 5.91 Å². The zero-order chi connectivity index (χ0) is 28.9. The smallest absolute Gasteiger partial charge is 0.257 e. The molecule has 0 aliphatic carbocycles. The number of nitrogens with zero attached hydrogens (tertiary/aromatic N) is 3. The highest BCUT2D eigenvalue weighted by molar-refractivity contribution is 6.54. The van der Waals surface area contributed by atoms with Crippen LogP contribution in [0.2, 0.25) is 5.02 Å². The van der Waals surface area contributed by atoms with Gasteiger partial charge in [-0.25, -0.2) is 0 Å². The van der Waals surface area contributed by atoms with Gasteiger partial charge in [-0.1, -0.05) is 88.5 Å². The van der Waals surface area contributed by atoms with E-state index in [0.29, 0.717) is 49.7 Å². The summed E-state index contributed by atoms with van der Waals surface area (Å²) >= 11 is 18.0. The van der Waals surface area contributed by atoms with Crippen molar-refractivity contribution in [1.82, 2.24) is 4.90 Å². The average Bonchev–Trinajstić information content (AvgIpc) is 3.47. The molecule has 1 saturated heterocycles. The molecule has 0 spiro atoms. The molecule has 3 aromatic rings. The Morgan fingerprint density at radius 1 is 1.00 bits per heavy atom. The molecule has 3 aromatic carbocycles. The highest BCUT2D eigenvalue weighted by atomic mass is 35.5. The van der Waals surface area contributed by atoms with Crippen LogP contribution in [0.15, 0.2) is 78.0 Å². The highest BCUT2D eigenvalue weighted by Gasteiger charge is 2.31. The van der Waals surface area contributed by atoms with Gasteiger partial charge in [0.15, 0.2) is 10.9 Å². The van der Waals surface area contributed by atoms with E-state index in [1.54, 1.807) is 6.07 Å². The summed E-state index contributed by atoms with van der Waals surface area (Å²) in [5, 5.41) is 7.65. The first kappa shape index (κ1) is 29.2. The summed E-state index contributed by atoms with van der Waals surface area (Å²) in [7, 11) is 0. The minimum atomic E-state index is -1.17. The lowest BCUT2D eigenvalue weighted by Gasteiger charge is -2.38. The third-order valence-corrected chi connectivity index (χ3v) is 7.93. The summed E-state index contributed by atoms with van der Waals surface area (Å²) in [6.07, 6.45) is 0.651. The van der Waals surface area contributed by atoms with Crippen LogP contribution in [0.1, 0.15) is 29.2 Å². The summed E-state index contributed by atoms with van der Waals surface area (Å²) in [5.74, 6) is -0.544. The van der Waals surface area contributed by atoms with Crippen molar-refractivity contribution in [3.63, 3.8) is 0 Å². The maximum absolute atomic E-state index is 13.1. The number of carbonyl (C=O) groups is 2. The first-order valence-electron chi connectivity index (χ1n) is 13.3. The number of piperazine rings is 1. The van der Waals surface area contributed by atoms with Gasteiger partial charge in [-0.05, 0) is 41.8 Å². The number of nitrogens with one attached hydrogen (secondary N) is 1. The first-order valence-corrected chi connectivity index (χ1v) is 14.6. The van der Waals surface area contributed by atoms with E-state index in [1.165, 1.54) is 0 Å². The molecule has 0 bridgehead atoms. The minimum Gasteiger partial charge on any atom is -0.387 e. The molecule has 2 aliphatic rings. The van der Waals surface area contributed by atoms with Gasteiger partial charge >= 0.3 is 0 Å². The first-order chi connectivity index (χ1) is 19.8. The van der Waals surface area contributed by atoms with E-state index in [-0.39, 0.29) is 12.0 Å². The molecule has 8 nitrogen and oxygen atoms in total. The van der Waals surface area contributed by atoms with Crippen LogP contribution in [0.5, 0.6) is 0 Å². The molecule has 41 heavy (non-hydrogen) atoms. The number of hydrogen-bond donors (Lipinski definition) is 2. The van der Waals surface area contributed by atoms with E-state index in [0.717, 1.165) is 28.1 Å². The minimum absolute atomic E-state index is 0.0396. The van der Waals surface area contributed by atoms with Crippen molar-refractivity contribution in [2.45, 2.75) is 29.8 Å². The van der Waals surface area contributed by atoms with Crippen LogP contribution in [0.25, 0.3) is 0 Å². The average molecular weight is 615 g/mol. The van der Waals surface area contributed by atoms with Gasteiger partial charge in [-0.3, -0.25) is 9.59 Å². The van der Waals surface area contributed by atoms with Crippen LogP contribution in [0, 0.1) is 0 Å². The van der Waals surface area contributed by atoms with Crippen molar-refractivity contribution in [3.8, 4) is 0 Å². The lowest BCUT2D eigenvalue weighted by atomic mass is 9.98. The number of halogens is 3. The van der Waals surface area contributed by atoms with Gasteiger partial charge in [0.05, 0.1) is 16.8 Å². The van der Waals surface area contributed by atoms with Crippen molar-refractivity contribution < 1.29 is 14.4 Å². The van der Waals surface area contributed by atoms with Crippen LogP contribution >= 0.6 is 34.8 Å². The Bertz CT molecular complexity index is 1430. The Morgan fingerprint density at radius 2 is 1.73 bits per heavy atom. The van der Waals surface area contributed by atoms with Gasteiger partial charge in [0, 0.05) is 49.5 Å². The monoisotopic (exact) mass is 613 g/mol. The molecule has 0 radical (unpaired) electrons. The number of benzene rings is 3. The summed E-state index contributed by atoms with van der Waals surface area (Å²) in [6, 6.07) is 22.3. The molecular weight excluding hydrogens is 585 g/mol. The number of amides is 2. The summed E-state index contributed by atoms with van der Waals surface area (Å²) < 4.78 is 0. The van der Waals surface area contributed by atoms with E-state index in [4.69, 9.17) is 45.4 Å². The summed E-state index contributed by atoms with van der Waals surface area (Å²) in [5.41, 5.74) is 11.2. The van der Waals surface area contributed by atoms with Crippen LogP contribution < -0.4 is 16.0 Å². The maximum atomic E-state index is 13.1. The molecule has 2 unspecified atom stereocenters. The number of carbonyl (C=O) groups excluding carboxylic acids is 2. The number of alkyl halides is 2. The van der Waals surface area contributed by atoms with Crippen LogP contribution in [-0.2, 0) is 20.8 Å². The number of oxime groups is 1. The fraction of sp³-hybridized carbons (Fsp3) is 0.300. The van der Waals surface area contributed by atoms with Crippen molar-refractivity contribution in [2.24, 2.45) is 10.9 Å². The third kappa shape index (κ3) is 6.96. The Hall–Kier alpha value is -3.30. The van der Waals surface area contributed by atoms with Crippen LogP contribution in [-0.4, -0.2) is 59.5 Å². The second-order valence-corrected chi connectivity index (χ2v) is 11.5. The lowest BCUT2D eigenvalue weighted by Crippen LogP contribution is -2.53. The second-order valence-electron chi connectivity index (χ2n) is 9.99. The summed E-state index contributed by atoms with van der Waals surface area (Å²) in [4.78, 5) is 33.6. The molecule has 214 valence electrons. The lowest BCUT2D eigenvalue weighted by molar-refractivity contribution is -0.132. The van der Waals surface area contributed by atoms with E-state index >= 15 is 0 Å². The molecule has 2 atom stereocenters. The fourth-order valence-electron chi connectivity index (χ4n) is 5.14. The van der Waals surface area contributed by atoms with Crippen molar-refractivity contribution in [2.75, 3.05) is 36.4 Å². The van der Waals surface area contributed by atoms with Gasteiger partial charge in [0.1, 0.15) is 0 Å². The normalized spacial score (nSPS) is 17.7. The molecule has 2 aliphatic heterocycles. The molecule has 2 heterocycles. The molecule has 2 amide bonds. The van der Waals surface area contributed by atoms with Gasteiger partial charge in [-0.2, -0.15) is 0 Å². The Labute approximate surface area is 254 Å². The Morgan fingerprint density at radius 3 is 2.46 bits per heavy atom. The van der Waals surface area contributed by atoms with Crippen LogP contribution in [0.4, 0.5) is 11.4 Å². The van der Waals surface area contributed by atoms with E-state index < -0.39 is 16.8 Å². The fourth-order valence-corrected chi connectivity index (χ4v) is 5.52. The SMILES string of the molecule is NC(Cc1ccccc1)C(=O)N1CCN(c2cccc(Cl)c2C2=NOC(c3cccc(NC(=O)C(Cl)Cl)c3)C2)CC1. The molecule has 0 aromatic heterocycles. The Balaban J connectivity index is 1.24. The molecule has 11 heteroatoms. The van der Waals surface area contributed by atoms with E-state index in [2.05, 4.69) is 15.4 Å². The Kier molecular flexibility index (Phi) is 9.35. The van der Waals surface area contributed by atoms with Gasteiger partial charge < -0.3 is 25.7 Å². The zero-order valence-corrected chi connectivity index (χ0v) is 24.4. The predicted molar refractivity (Wildman–Crippen MR) is 164 cm³/mol. The topological polar surface area (TPSA) is 100 Å². The van der Waals surface area contributed by atoms with Gasteiger partial charge in [-0.15, -0.1) is 0 Å². The van der Waals surface area contributed by atoms with Crippen molar-refractivity contribution in [1.29, 1.82) is 0 Å². The maximum Gasteiger partial charge on any atom is 0.257 e. The standard InChI is InChI=1S/C30H30Cl3N5O3/c31-22-10-5-11-25(37-12-14-38(15-13-37)30(40)23(34)16-19-6-2-1-3-7-19)27(22)24-18-26(41-36-24)20-8-4-9-21(17-20)35-29(39)28(32)33/h1-11,17,23,26,28H,12-16,18,34H2,(H,35,39). The highest BCUT2D eigenvalue weighted by Crippen LogP contribution is 2.37. The zero-order valence-electron chi connectivity index (χ0n) is 22.2. The van der Waals surface area contributed by atoms with Gasteiger partial charge in [0.2, 0.25) is 5.91 Å². The predicted octanol–water partition coefficient (Wildman–Crippen LogP) is 5.17. The number of nitrogens with two attached hydrogens (primary N) is 1. The molecule has 1 fully saturated rings. The molecule has 3 N–H and O–H groups in total. The second kappa shape index (κ2) is 13.1.